The molecule has 0 fully saturated rings. The van der Waals surface area contributed by atoms with Gasteiger partial charge in [-0.25, -0.2) is 0 Å². The van der Waals surface area contributed by atoms with Gasteiger partial charge in [0.05, 0.1) is 0 Å². The van der Waals surface area contributed by atoms with Gasteiger partial charge in [0, 0.05) is 0 Å². The molecular formula is C29H33FN3O2PS. The second kappa shape index (κ2) is 10.7. The van der Waals surface area contributed by atoms with Gasteiger partial charge in [-0.1, -0.05) is 0 Å². The van der Waals surface area contributed by atoms with Crippen molar-refractivity contribution in [2.24, 2.45) is 0 Å². The average Bonchev–Trinajstić information content (AvgIpc) is 2.89. The van der Waals surface area contributed by atoms with E-state index in [9.17, 15) is 12.8 Å². The maximum atomic E-state index is 13.9. The first-order valence-electron chi connectivity index (χ1n) is 12.2. The molecule has 0 spiro atoms. The van der Waals surface area contributed by atoms with Crippen molar-refractivity contribution in [3.8, 4) is 11.3 Å². The Morgan fingerprint density at radius 1 is 0.865 bits per heavy atom. The maximum absolute atomic E-state index is 13.9. The topological polar surface area (TPSA) is 63.2 Å². The van der Waals surface area contributed by atoms with Crippen molar-refractivity contribution in [3.63, 3.8) is 0 Å². The fourth-order valence-electron chi connectivity index (χ4n) is 4.61. The number of hydrogen-bond donors (Lipinski definition) is 0. The van der Waals surface area contributed by atoms with E-state index in [4.69, 9.17) is 9.97 Å². The Kier molecular flexibility index (Phi) is 7.77. The van der Waals surface area contributed by atoms with Crippen LogP contribution in [-0.2, 0) is 16.2 Å². The molecule has 0 atom stereocenters. The van der Waals surface area contributed by atoms with E-state index in [-0.39, 0.29) is 17.7 Å². The van der Waals surface area contributed by atoms with E-state index in [0.717, 1.165) is 27.4 Å². The molecule has 0 aliphatic rings. The van der Waals surface area contributed by atoms with E-state index >= 15 is 0 Å². The molecule has 194 valence electrons. The molecule has 0 unspecified atom stereocenters. The van der Waals surface area contributed by atoms with E-state index in [1.165, 1.54) is 29.8 Å². The molecule has 4 aromatic rings. The predicted octanol–water partition coefficient (Wildman–Crippen LogP) is 5.33. The van der Waals surface area contributed by atoms with Crippen molar-refractivity contribution >= 4 is 33.8 Å². The number of rotatable bonds is 8. The number of benzene rings is 3. The first-order chi connectivity index (χ1) is 17.5. The van der Waals surface area contributed by atoms with Gasteiger partial charge in [0.15, 0.2) is 0 Å². The quantitative estimate of drug-likeness (QED) is 0.285. The van der Waals surface area contributed by atoms with Crippen molar-refractivity contribution in [1.29, 1.82) is 0 Å². The molecule has 37 heavy (non-hydrogen) atoms. The fourth-order valence-corrected chi connectivity index (χ4v) is 8.64. The Bertz CT molecular complexity index is 1440. The molecule has 0 radical (unpaired) electrons. The third kappa shape index (κ3) is 5.73. The summed E-state index contributed by atoms with van der Waals surface area (Å²) in [6.45, 7) is 6.44. The number of nitrogens with zero attached hydrogens (tertiary/aromatic N) is 3. The number of aromatic nitrogens is 2. The van der Waals surface area contributed by atoms with Gasteiger partial charge in [-0.3, -0.25) is 0 Å². The number of halogens is 1. The van der Waals surface area contributed by atoms with Crippen LogP contribution in [0, 0.1) is 5.82 Å². The van der Waals surface area contributed by atoms with Gasteiger partial charge in [0.1, 0.15) is 0 Å². The molecule has 0 bridgehead atoms. The Balaban J connectivity index is 2.02. The van der Waals surface area contributed by atoms with Crippen LogP contribution < -0.4 is 14.9 Å². The molecule has 0 saturated heterocycles. The standard InChI is InChI=1S/C29H33FN3O2PS/c1-21(2)27-26(20-36(4,24-12-8-6-9-13-24)25-14-10-7-11-15-25)28(22-16-18-23(30)19-17-22)32-29(31-27)33(3)37(5,34)35/h6-19,21,36H,20H2,1-5H3. The molecule has 0 aliphatic carbocycles. The Morgan fingerprint density at radius 2 is 1.38 bits per heavy atom. The van der Waals surface area contributed by atoms with E-state index in [1.807, 2.05) is 12.1 Å². The van der Waals surface area contributed by atoms with Crippen LogP contribution >= 0.6 is 7.26 Å². The minimum atomic E-state index is -3.58. The summed E-state index contributed by atoms with van der Waals surface area (Å²) < 4.78 is 39.8. The van der Waals surface area contributed by atoms with Gasteiger partial charge in [0.25, 0.3) is 0 Å². The number of hydrogen-bond acceptors (Lipinski definition) is 4. The van der Waals surface area contributed by atoms with E-state index in [0.29, 0.717) is 11.9 Å². The van der Waals surface area contributed by atoms with Crippen molar-refractivity contribution in [1.82, 2.24) is 9.97 Å². The Hall–Kier alpha value is -3.15. The molecule has 8 heteroatoms. The molecular weight excluding hydrogens is 504 g/mol. The van der Waals surface area contributed by atoms with Crippen LogP contribution in [0.5, 0.6) is 0 Å². The van der Waals surface area contributed by atoms with Crippen LogP contribution in [0.1, 0.15) is 31.0 Å². The van der Waals surface area contributed by atoms with Crippen molar-refractivity contribution in [2.45, 2.75) is 25.9 Å². The van der Waals surface area contributed by atoms with Crippen LogP contribution in [0.4, 0.5) is 10.3 Å². The summed E-state index contributed by atoms with van der Waals surface area (Å²) in [5.41, 5.74) is 3.12. The van der Waals surface area contributed by atoms with Crippen LogP contribution in [0.2, 0.25) is 0 Å². The molecule has 3 aromatic carbocycles. The zero-order chi connectivity index (χ0) is 26.8. The fraction of sp³-hybridized carbons (Fsp3) is 0.241. The number of sulfonamides is 1. The minimum absolute atomic E-state index is 0.00806. The normalized spacial score (nSPS) is 12.5. The Labute approximate surface area is 219 Å². The molecule has 0 saturated carbocycles. The summed E-state index contributed by atoms with van der Waals surface area (Å²) in [7, 11) is -4.49. The molecule has 1 heterocycles. The van der Waals surface area contributed by atoms with Crippen molar-refractivity contribution < 1.29 is 12.8 Å². The first-order valence-corrected chi connectivity index (χ1v) is 16.8. The van der Waals surface area contributed by atoms with E-state index < -0.39 is 17.3 Å². The van der Waals surface area contributed by atoms with Gasteiger partial charge in [-0.15, -0.1) is 0 Å². The average molecular weight is 538 g/mol. The summed E-state index contributed by atoms with van der Waals surface area (Å²) in [4.78, 5) is 9.59. The van der Waals surface area contributed by atoms with Gasteiger partial charge in [-0.2, -0.15) is 0 Å². The van der Waals surface area contributed by atoms with E-state index in [2.05, 4.69) is 69.0 Å². The molecule has 0 amide bonds. The SMILES string of the molecule is CC(C)c1nc(N(C)S(C)(=O)=O)nc(-c2ccc(F)cc2)c1C[PH](C)(c1ccccc1)c1ccccc1. The summed E-state index contributed by atoms with van der Waals surface area (Å²) in [6.07, 6.45) is 1.83. The van der Waals surface area contributed by atoms with Gasteiger partial charge >= 0.3 is 220 Å². The molecule has 0 aliphatic heterocycles. The Morgan fingerprint density at radius 3 is 1.84 bits per heavy atom. The van der Waals surface area contributed by atoms with Crippen molar-refractivity contribution in [2.75, 3.05) is 24.3 Å². The predicted molar refractivity (Wildman–Crippen MR) is 155 cm³/mol. The second-order valence-corrected chi connectivity index (χ2v) is 16.1. The first kappa shape index (κ1) is 26.9. The van der Waals surface area contributed by atoms with Crippen LogP contribution in [0.25, 0.3) is 11.3 Å². The van der Waals surface area contributed by atoms with Gasteiger partial charge < -0.3 is 0 Å². The molecule has 0 N–H and O–H groups in total. The third-order valence-corrected chi connectivity index (χ3v) is 12.3. The zero-order valence-electron chi connectivity index (χ0n) is 21.8. The summed E-state index contributed by atoms with van der Waals surface area (Å²) in [5, 5.41) is 2.55. The third-order valence-electron chi connectivity index (χ3n) is 6.82. The van der Waals surface area contributed by atoms with Gasteiger partial charge in [0.2, 0.25) is 0 Å². The monoisotopic (exact) mass is 537 g/mol. The van der Waals surface area contributed by atoms with E-state index in [1.54, 1.807) is 12.1 Å². The number of anilines is 1. The van der Waals surface area contributed by atoms with Gasteiger partial charge in [-0.05, 0) is 0 Å². The molecule has 1 aromatic heterocycles. The van der Waals surface area contributed by atoms with Crippen LogP contribution in [0.15, 0.2) is 84.9 Å². The van der Waals surface area contributed by atoms with Crippen molar-refractivity contribution in [3.05, 3.63) is 102 Å². The molecule has 5 nitrogen and oxygen atoms in total. The zero-order valence-corrected chi connectivity index (χ0v) is 23.6. The van der Waals surface area contributed by atoms with Crippen LogP contribution in [-0.4, -0.2) is 38.4 Å². The summed E-state index contributed by atoms with van der Waals surface area (Å²) >= 11 is 0. The van der Waals surface area contributed by atoms with Crippen LogP contribution in [0.3, 0.4) is 0 Å². The second-order valence-electron chi connectivity index (χ2n) is 9.87. The summed E-state index contributed by atoms with van der Waals surface area (Å²) in [6, 6.07) is 27.2. The molecule has 4 rings (SSSR count). The summed E-state index contributed by atoms with van der Waals surface area (Å²) in [5.74, 6) is -0.226.